The summed E-state index contributed by atoms with van der Waals surface area (Å²) in [5.74, 6) is -2.49. The Bertz CT molecular complexity index is 518. The summed E-state index contributed by atoms with van der Waals surface area (Å²) in [6, 6.07) is 1.10. The number of aliphatic carboxylic acids is 1. The average molecular weight is 285 g/mol. The van der Waals surface area contributed by atoms with E-state index in [2.05, 4.69) is 5.32 Å². The second-order valence-corrected chi connectivity index (χ2v) is 3.96. The van der Waals surface area contributed by atoms with Gasteiger partial charge in [0.05, 0.1) is 19.8 Å². The standard InChI is InChI=1S/C13H16FNO5/c1-4-9(13(17)18)15-12(16)7-5-10(19-2)11(20-3)6-8(7)14/h5-6,9H,4H2,1-3H3,(H,15,16)(H,17,18). The largest absolute Gasteiger partial charge is 0.493 e. The van der Waals surface area contributed by atoms with Crippen LogP contribution < -0.4 is 14.8 Å². The van der Waals surface area contributed by atoms with E-state index in [0.29, 0.717) is 0 Å². The fraction of sp³-hybridized carbons (Fsp3) is 0.385. The van der Waals surface area contributed by atoms with E-state index in [1.807, 2.05) is 0 Å². The van der Waals surface area contributed by atoms with E-state index < -0.39 is 23.7 Å². The minimum Gasteiger partial charge on any atom is -0.493 e. The summed E-state index contributed by atoms with van der Waals surface area (Å²) in [4.78, 5) is 22.7. The van der Waals surface area contributed by atoms with E-state index in [1.54, 1.807) is 6.92 Å². The molecule has 0 aliphatic rings. The van der Waals surface area contributed by atoms with E-state index in [1.165, 1.54) is 14.2 Å². The third-order valence-electron chi connectivity index (χ3n) is 2.73. The van der Waals surface area contributed by atoms with Gasteiger partial charge >= 0.3 is 5.97 Å². The Morgan fingerprint density at radius 2 is 1.85 bits per heavy atom. The molecule has 1 atom stereocenters. The van der Waals surface area contributed by atoms with E-state index >= 15 is 0 Å². The van der Waals surface area contributed by atoms with Crippen LogP contribution in [-0.2, 0) is 4.79 Å². The number of rotatable bonds is 6. The fourth-order valence-corrected chi connectivity index (χ4v) is 1.60. The number of carbonyl (C=O) groups excluding carboxylic acids is 1. The average Bonchev–Trinajstić information content (AvgIpc) is 2.43. The molecule has 2 N–H and O–H groups in total. The molecule has 1 amide bonds. The molecule has 0 heterocycles. The van der Waals surface area contributed by atoms with E-state index in [0.717, 1.165) is 12.1 Å². The summed E-state index contributed by atoms with van der Waals surface area (Å²) in [6.07, 6.45) is 0.190. The monoisotopic (exact) mass is 285 g/mol. The third-order valence-corrected chi connectivity index (χ3v) is 2.73. The van der Waals surface area contributed by atoms with Crippen LogP contribution in [0.4, 0.5) is 4.39 Å². The van der Waals surface area contributed by atoms with Crippen LogP contribution in [0.5, 0.6) is 11.5 Å². The van der Waals surface area contributed by atoms with Gasteiger partial charge < -0.3 is 19.9 Å². The molecule has 1 unspecified atom stereocenters. The van der Waals surface area contributed by atoms with Crippen LogP contribution in [0.2, 0.25) is 0 Å². The highest BCUT2D eigenvalue weighted by atomic mass is 19.1. The number of benzene rings is 1. The first-order chi connectivity index (χ1) is 9.44. The quantitative estimate of drug-likeness (QED) is 0.826. The van der Waals surface area contributed by atoms with E-state index in [4.69, 9.17) is 14.6 Å². The number of nitrogens with one attached hydrogen (secondary N) is 1. The van der Waals surface area contributed by atoms with Crippen LogP contribution in [0, 0.1) is 5.82 Å². The van der Waals surface area contributed by atoms with Crippen molar-refractivity contribution >= 4 is 11.9 Å². The first kappa shape index (κ1) is 15.7. The zero-order valence-corrected chi connectivity index (χ0v) is 11.4. The number of ether oxygens (including phenoxy) is 2. The smallest absolute Gasteiger partial charge is 0.326 e. The Labute approximate surface area is 115 Å². The summed E-state index contributed by atoms with van der Waals surface area (Å²) in [5.41, 5.74) is -0.303. The van der Waals surface area contributed by atoms with Crippen molar-refractivity contribution in [3.63, 3.8) is 0 Å². The maximum absolute atomic E-state index is 13.8. The molecule has 20 heavy (non-hydrogen) atoms. The van der Waals surface area contributed by atoms with Crippen molar-refractivity contribution in [1.82, 2.24) is 5.32 Å². The summed E-state index contributed by atoms with van der Waals surface area (Å²) >= 11 is 0. The van der Waals surface area contributed by atoms with Crippen LogP contribution in [0.25, 0.3) is 0 Å². The highest BCUT2D eigenvalue weighted by Crippen LogP contribution is 2.29. The molecule has 6 nitrogen and oxygen atoms in total. The van der Waals surface area contributed by atoms with Crippen molar-refractivity contribution in [1.29, 1.82) is 0 Å². The minimum absolute atomic E-state index is 0.145. The van der Waals surface area contributed by atoms with Gasteiger partial charge in [-0.25, -0.2) is 9.18 Å². The van der Waals surface area contributed by atoms with Crippen molar-refractivity contribution in [3.05, 3.63) is 23.5 Å². The Balaban J connectivity index is 3.07. The molecule has 0 fully saturated rings. The number of carbonyl (C=O) groups is 2. The summed E-state index contributed by atoms with van der Waals surface area (Å²) in [6.45, 7) is 1.60. The predicted molar refractivity (Wildman–Crippen MR) is 68.7 cm³/mol. The van der Waals surface area contributed by atoms with Gasteiger partial charge in [0.2, 0.25) is 0 Å². The number of amides is 1. The zero-order valence-electron chi connectivity index (χ0n) is 11.4. The van der Waals surface area contributed by atoms with Gasteiger partial charge in [0, 0.05) is 6.07 Å². The van der Waals surface area contributed by atoms with Gasteiger partial charge in [0.25, 0.3) is 5.91 Å². The van der Waals surface area contributed by atoms with Crippen LogP contribution in [0.3, 0.4) is 0 Å². The SMILES string of the molecule is CCC(NC(=O)c1cc(OC)c(OC)cc1F)C(=O)O. The molecule has 0 bridgehead atoms. The maximum atomic E-state index is 13.8. The van der Waals surface area contributed by atoms with Crippen molar-refractivity contribution in [3.8, 4) is 11.5 Å². The number of hydrogen-bond donors (Lipinski definition) is 2. The van der Waals surface area contributed by atoms with Crippen molar-refractivity contribution < 1.29 is 28.6 Å². The molecule has 0 spiro atoms. The van der Waals surface area contributed by atoms with Crippen LogP contribution >= 0.6 is 0 Å². The van der Waals surface area contributed by atoms with Gasteiger partial charge in [-0.05, 0) is 12.5 Å². The maximum Gasteiger partial charge on any atom is 0.326 e. The lowest BCUT2D eigenvalue weighted by Crippen LogP contribution is -2.40. The number of halogens is 1. The molecule has 0 saturated heterocycles. The lowest BCUT2D eigenvalue weighted by Gasteiger charge is -2.14. The first-order valence-corrected chi connectivity index (χ1v) is 5.89. The number of methoxy groups -OCH3 is 2. The van der Waals surface area contributed by atoms with Gasteiger partial charge in [0.15, 0.2) is 11.5 Å². The normalized spacial score (nSPS) is 11.6. The summed E-state index contributed by atoms with van der Waals surface area (Å²) < 4.78 is 23.7. The molecule has 110 valence electrons. The van der Waals surface area contributed by atoms with Gasteiger partial charge in [-0.1, -0.05) is 6.92 Å². The highest BCUT2D eigenvalue weighted by molar-refractivity contribution is 5.97. The Hall–Kier alpha value is -2.31. The molecule has 1 aromatic rings. The van der Waals surface area contributed by atoms with Gasteiger partial charge in [-0.3, -0.25) is 4.79 Å². The first-order valence-electron chi connectivity index (χ1n) is 5.89. The topological polar surface area (TPSA) is 84.9 Å². The number of hydrogen-bond acceptors (Lipinski definition) is 4. The Kier molecular flexibility index (Phi) is 5.31. The fourth-order valence-electron chi connectivity index (χ4n) is 1.60. The van der Waals surface area contributed by atoms with Crippen molar-refractivity contribution in [2.45, 2.75) is 19.4 Å². The van der Waals surface area contributed by atoms with E-state index in [9.17, 15) is 14.0 Å². The Morgan fingerprint density at radius 3 is 2.30 bits per heavy atom. The summed E-state index contributed by atoms with van der Waals surface area (Å²) in [5, 5.41) is 11.1. The molecule has 7 heteroatoms. The molecule has 0 saturated carbocycles. The second kappa shape index (κ2) is 6.74. The molecule has 0 aliphatic carbocycles. The lowest BCUT2D eigenvalue weighted by atomic mass is 10.1. The Morgan fingerprint density at radius 1 is 1.30 bits per heavy atom. The molecule has 0 aliphatic heterocycles. The second-order valence-electron chi connectivity index (χ2n) is 3.96. The minimum atomic E-state index is -1.18. The van der Waals surface area contributed by atoms with Crippen molar-refractivity contribution in [2.75, 3.05) is 14.2 Å². The molecule has 1 rings (SSSR count). The number of carboxylic acids is 1. The predicted octanol–water partition coefficient (Wildman–Crippen LogP) is 1.44. The van der Waals surface area contributed by atoms with Gasteiger partial charge in [-0.15, -0.1) is 0 Å². The van der Waals surface area contributed by atoms with E-state index in [-0.39, 0.29) is 23.5 Å². The van der Waals surface area contributed by atoms with Crippen LogP contribution in [-0.4, -0.2) is 37.2 Å². The molecular weight excluding hydrogens is 269 g/mol. The summed E-state index contributed by atoms with van der Waals surface area (Å²) in [7, 11) is 2.69. The van der Waals surface area contributed by atoms with Crippen LogP contribution in [0.1, 0.15) is 23.7 Å². The number of carboxylic acid groups (broad SMARTS) is 1. The molecule has 1 aromatic carbocycles. The molecular formula is C13H16FNO5. The third kappa shape index (κ3) is 3.37. The van der Waals surface area contributed by atoms with Gasteiger partial charge in [-0.2, -0.15) is 0 Å². The molecule has 0 aromatic heterocycles. The molecule has 0 radical (unpaired) electrons. The van der Waals surface area contributed by atoms with Gasteiger partial charge in [0.1, 0.15) is 11.9 Å². The highest BCUT2D eigenvalue weighted by Gasteiger charge is 2.22. The zero-order chi connectivity index (χ0) is 15.3. The van der Waals surface area contributed by atoms with Crippen molar-refractivity contribution in [2.24, 2.45) is 0 Å². The van der Waals surface area contributed by atoms with Crippen LogP contribution in [0.15, 0.2) is 12.1 Å². The lowest BCUT2D eigenvalue weighted by molar-refractivity contribution is -0.139.